The third-order valence-electron chi connectivity index (χ3n) is 8.98. The molecule has 266 valence electrons. The highest BCUT2D eigenvalue weighted by Gasteiger charge is 2.47. The van der Waals surface area contributed by atoms with Crippen molar-refractivity contribution in [1.82, 2.24) is 16.0 Å². The number of ether oxygens (including phenoxy) is 3. The minimum Gasteiger partial charge on any atom is -0.495 e. The van der Waals surface area contributed by atoms with Gasteiger partial charge in [-0.2, -0.15) is 0 Å². The van der Waals surface area contributed by atoms with E-state index in [9.17, 15) is 19.2 Å². The number of halogens is 1. The summed E-state index contributed by atoms with van der Waals surface area (Å²) in [6, 6.07) is 11.2. The maximum Gasteiger partial charge on any atom is 0.328 e. The molecule has 5 N–H and O–H groups in total. The molecule has 0 aromatic heterocycles. The number of nitrogens with two attached hydrogens (primary N) is 1. The smallest absolute Gasteiger partial charge is 0.328 e. The number of cyclic esters (lactones) is 1. The second kappa shape index (κ2) is 16.7. The molecule has 2 aliphatic heterocycles. The summed E-state index contributed by atoms with van der Waals surface area (Å²) in [5.74, 6) is -1.64. The first-order valence-electron chi connectivity index (χ1n) is 16.7. The molecule has 1 saturated heterocycles. The Bertz CT molecular complexity index is 1530. The van der Waals surface area contributed by atoms with E-state index in [4.69, 9.17) is 31.5 Å². The fourth-order valence-electron chi connectivity index (χ4n) is 5.81. The molecule has 4 rings (SSSR count). The fraction of sp³-hybridized carbons (Fsp3) is 0.514. The molecule has 1 fully saturated rings. The summed E-state index contributed by atoms with van der Waals surface area (Å²) < 4.78 is 17.4. The summed E-state index contributed by atoms with van der Waals surface area (Å²) in [7, 11) is 1.51. The zero-order valence-corrected chi connectivity index (χ0v) is 29.8. The zero-order chi connectivity index (χ0) is 35.9. The van der Waals surface area contributed by atoms with Crippen LogP contribution < -0.4 is 26.4 Å². The van der Waals surface area contributed by atoms with E-state index in [1.807, 2.05) is 45.0 Å². The van der Waals surface area contributed by atoms with Gasteiger partial charge in [0.2, 0.25) is 17.7 Å². The van der Waals surface area contributed by atoms with Gasteiger partial charge in [-0.05, 0) is 61.1 Å². The first kappa shape index (κ1) is 37.9. The Morgan fingerprint density at radius 2 is 1.69 bits per heavy atom. The highest BCUT2D eigenvalue weighted by molar-refractivity contribution is 6.32. The maximum absolute atomic E-state index is 13.7. The van der Waals surface area contributed by atoms with E-state index in [0.717, 1.165) is 11.1 Å². The van der Waals surface area contributed by atoms with Crippen LogP contribution in [0.3, 0.4) is 0 Å². The largest absolute Gasteiger partial charge is 0.495 e. The number of nitrogens with one attached hydrogen (secondary N) is 3. The first-order valence-corrected chi connectivity index (χ1v) is 17.1. The topological polar surface area (TPSA) is 161 Å². The number of epoxide rings is 1. The molecule has 0 radical (unpaired) electrons. The number of methoxy groups -OCH3 is 1. The van der Waals surface area contributed by atoms with Crippen molar-refractivity contribution < 1.29 is 33.4 Å². The van der Waals surface area contributed by atoms with Crippen molar-refractivity contribution in [2.45, 2.75) is 90.8 Å². The Hall–Kier alpha value is -3.93. The zero-order valence-electron chi connectivity index (χ0n) is 29.1. The van der Waals surface area contributed by atoms with Gasteiger partial charge in [0.15, 0.2) is 0 Å². The normalized spacial score (nSPS) is 26.2. The molecule has 2 heterocycles. The molecule has 0 unspecified atom stereocenters. The number of carbonyl (C=O) groups excluding carboxylic acids is 4. The SMILES string of the molecule is COc1ccc(C[C@H]2NC(=O)/C=C\C[C@@H]([C@H](C)[C@H]3O[C@@H]3c3ccc(CN)cc3)OC(=O)[C@H](CC(C)C)NC(=O)C(C)(C)CNC2=O)cc1Cl. The van der Waals surface area contributed by atoms with Crippen LogP contribution in [0, 0.1) is 17.3 Å². The molecule has 0 bridgehead atoms. The average Bonchev–Trinajstić information content (AvgIpc) is 3.86. The van der Waals surface area contributed by atoms with Gasteiger partial charge in [-0.1, -0.05) is 68.8 Å². The second-order valence-electron chi connectivity index (χ2n) is 13.9. The minimum absolute atomic E-state index is 0.0426. The fourth-order valence-corrected chi connectivity index (χ4v) is 6.09. The number of benzene rings is 2. The molecule has 0 spiro atoms. The maximum atomic E-state index is 13.7. The van der Waals surface area contributed by atoms with E-state index >= 15 is 0 Å². The van der Waals surface area contributed by atoms with Gasteiger partial charge in [0.05, 0.1) is 23.7 Å². The number of hydrogen-bond acceptors (Lipinski definition) is 8. The molecule has 2 aromatic carbocycles. The second-order valence-corrected chi connectivity index (χ2v) is 14.3. The predicted molar refractivity (Wildman–Crippen MR) is 187 cm³/mol. The van der Waals surface area contributed by atoms with Crippen molar-refractivity contribution in [1.29, 1.82) is 0 Å². The van der Waals surface area contributed by atoms with Crippen LogP contribution in [0.5, 0.6) is 5.75 Å². The predicted octanol–water partition coefficient (Wildman–Crippen LogP) is 4.16. The summed E-state index contributed by atoms with van der Waals surface area (Å²) >= 11 is 6.33. The van der Waals surface area contributed by atoms with E-state index in [1.54, 1.807) is 38.1 Å². The van der Waals surface area contributed by atoms with E-state index in [0.29, 0.717) is 29.3 Å². The Morgan fingerprint density at radius 1 is 1.00 bits per heavy atom. The third-order valence-corrected chi connectivity index (χ3v) is 9.28. The Balaban J connectivity index is 1.60. The van der Waals surface area contributed by atoms with Crippen molar-refractivity contribution in [2.75, 3.05) is 13.7 Å². The van der Waals surface area contributed by atoms with Gasteiger partial charge in [0.1, 0.15) is 30.0 Å². The lowest BCUT2D eigenvalue weighted by Crippen LogP contribution is -2.54. The van der Waals surface area contributed by atoms with E-state index in [2.05, 4.69) is 16.0 Å². The summed E-state index contributed by atoms with van der Waals surface area (Å²) in [5.41, 5.74) is 7.37. The van der Waals surface area contributed by atoms with Crippen LogP contribution >= 0.6 is 11.6 Å². The van der Waals surface area contributed by atoms with Gasteiger partial charge in [-0.3, -0.25) is 14.4 Å². The summed E-state index contributed by atoms with van der Waals surface area (Å²) in [6.07, 6.45) is 2.61. The van der Waals surface area contributed by atoms with Gasteiger partial charge in [0.25, 0.3) is 0 Å². The van der Waals surface area contributed by atoms with E-state index in [1.165, 1.54) is 13.2 Å². The molecule has 2 aliphatic rings. The van der Waals surface area contributed by atoms with Crippen LogP contribution in [0.2, 0.25) is 5.02 Å². The van der Waals surface area contributed by atoms with Crippen molar-refractivity contribution in [3.8, 4) is 5.75 Å². The van der Waals surface area contributed by atoms with Gasteiger partial charge < -0.3 is 35.9 Å². The minimum atomic E-state index is -1.10. The van der Waals surface area contributed by atoms with Crippen LogP contribution in [0.15, 0.2) is 54.6 Å². The van der Waals surface area contributed by atoms with Gasteiger partial charge in [-0.15, -0.1) is 0 Å². The van der Waals surface area contributed by atoms with E-state index in [-0.39, 0.29) is 43.4 Å². The third kappa shape index (κ3) is 10.3. The number of rotatable bonds is 9. The summed E-state index contributed by atoms with van der Waals surface area (Å²) in [6.45, 7) is 9.62. The molecule has 49 heavy (non-hydrogen) atoms. The van der Waals surface area contributed by atoms with Crippen LogP contribution in [0.25, 0.3) is 0 Å². The number of amides is 3. The lowest BCUT2D eigenvalue weighted by molar-refractivity contribution is -0.157. The standard InChI is InChI=1S/C37H49ClN4O7/c1-21(2)16-28-35(45)48-29(22(3)32-33(49-32)25-13-10-23(19-39)11-14-25)8-7-9-31(43)41-27(18-24-12-15-30(47-6)26(38)17-24)34(44)40-20-37(4,5)36(46)42-28/h7,9-15,17,21-22,27-29,32-33H,8,16,18-20,39H2,1-6H3,(H,40,44)(H,41,43)(H,42,46)/b9-7-/t22-,27+,28-,29-,32+,33+/m0/s1. The number of hydrogen-bond donors (Lipinski definition) is 4. The number of esters is 1. The molecule has 6 atom stereocenters. The monoisotopic (exact) mass is 696 g/mol. The summed E-state index contributed by atoms with van der Waals surface area (Å²) in [5, 5.41) is 8.86. The van der Waals surface area contributed by atoms with Crippen LogP contribution in [-0.4, -0.2) is 61.6 Å². The van der Waals surface area contributed by atoms with Crippen molar-refractivity contribution in [3.63, 3.8) is 0 Å². The molecular formula is C37H49ClN4O7. The van der Waals surface area contributed by atoms with Crippen LogP contribution in [-0.2, 0) is 41.6 Å². The Labute approximate surface area is 293 Å². The Morgan fingerprint density at radius 3 is 2.33 bits per heavy atom. The van der Waals surface area contributed by atoms with Gasteiger partial charge >= 0.3 is 5.97 Å². The molecule has 2 aromatic rings. The van der Waals surface area contributed by atoms with Crippen LogP contribution in [0.1, 0.15) is 70.3 Å². The highest BCUT2D eigenvalue weighted by atomic mass is 35.5. The molecular weight excluding hydrogens is 648 g/mol. The van der Waals surface area contributed by atoms with Gasteiger partial charge in [-0.25, -0.2) is 4.79 Å². The van der Waals surface area contributed by atoms with Crippen molar-refractivity contribution >= 4 is 35.3 Å². The van der Waals surface area contributed by atoms with Crippen molar-refractivity contribution in [3.05, 3.63) is 76.3 Å². The van der Waals surface area contributed by atoms with Crippen LogP contribution in [0.4, 0.5) is 0 Å². The molecule has 12 heteroatoms. The summed E-state index contributed by atoms with van der Waals surface area (Å²) in [4.78, 5) is 53.9. The lowest BCUT2D eigenvalue weighted by atomic mass is 9.90. The quantitative estimate of drug-likeness (QED) is 0.225. The highest BCUT2D eigenvalue weighted by Crippen LogP contribution is 2.45. The molecule has 11 nitrogen and oxygen atoms in total. The van der Waals surface area contributed by atoms with Gasteiger partial charge in [0, 0.05) is 31.8 Å². The first-order chi connectivity index (χ1) is 23.2. The molecule has 0 aliphatic carbocycles. The Kier molecular flexibility index (Phi) is 12.9. The van der Waals surface area contributed by atoms with E-state index < -0.39 is 47.3 Å². The molecule has 0 saturated carbocycles. The van der Waals surface area contributed by atoms with Crippen molar-refractivity contribution in [2.24, 2.45) is 23.0 Å². The average molecular weight is 697 g/mol. The lowest BCUT2D eigenvalue weighted by Gasteiger charge is -2.30. The molecule has 3 amide bonds. The number of carbonyl (C=O) groups is 4.